The molecule has 124 valence electrons. The largest absolute Gasteiger partial charge is 0.396 e. The number of fused-ring (bicyclic) bond motifs is 3. The smallest absolute Gasteiger partial charge is 0.270 e. The van der Waals surface area contributed by atoms with Crippen molar-refractivity contribution in [3.63, 3.8) is 0 Å². The van der Waals surface area contributed by atoms with Gasteiger partial charge in [-0.15, -0.1) is 0 Å². The van der Waals surface area contributed by atoms with E-state index in [2.05, 4.69) is 30.1 Å². The van der Waals surface area contributed by atoms with Crippen molar-refractivity contribution in [1.82, 2.24) is 9.88 Å². The number of hydrogen-bond donors (Lipinski definition) is 2. The van der Waals surface area contributed by atoms with E-state index < -0.39 is 0 Å². The maximum Gasteiger partial charge on any atom is 0.270 e. The number of H-pyrrole nitrogens is 1. The molecule has 2 unspecified atom stereocenters. The van der Waals surface area contributed by atoms with Crippen LogP contribution in [0, 0.1) is 5.92 Å². The highest BCUT2D eigenvalue weighted by atomic mass is 16.3. The average molecular weight is 322 g/mol. The van der Waals surface area contributed by atoms with Crippen molar-refractivity contribution >= 4 is 27.6 Å². The Morgan fingerprint density at radius 1 is 1.21 bits per heavy atom. The predicted molar refractivity (Wildman–Crippen MR) is 96.1 cm³/mol. The van der Waals surface area contributed by atoms with Crippen molar-refractivity contribution in [2.75, 3.05) is 13.2 Å². The van der Waals surface area contributed by atoms with E-state index in [0.29, 0.717) is 12.2 Å². The molecule has 24 heavy (non-hydrogen) atoms. The van der Waals surface area contributed by atoms with Gasteiger partial charge in [0, 0.05) is 30.1 Å². The lowest BCUT2D eigenvalue weighted by atomic mass is 9.94. The first-order valence-corrected chi connectivity index (χ1v) is 8.59. The number of likely N-dealkylation sites (tertiary alicyclic amines) is 1. The summed E-state index contributed by atoms with van der Waals surface area (Å²) in [4.78, 5) is 18.2. The number of aromatic amines is 1. The maximum absolute atomic E-state index is 13.0. The van der Waals surface area contributed by atoms with Crippen LogP contribution in [-0.2, 0) is 0 Å². The first kappa shape index (κ1) is 15.2. The Morgan fingerprint density at radius 2 is 2.04 bits per heavy atom. The highest BCUT2D eigenvalue weighted by Crippen LogP contribution is 2.28. The van der Waals surface area contributed by atoms with Crippen LogP contribution in [0.2, 0.25) is 0 Å². The van der Waals surface area contributed by atoms with Crippen molar-refractivity contribution in [3.05, 3.63) is 48.2 Å². The Balaban J connectivity index is 1.73. The standard InChI is InChI=1S/C20H22N2O2/c1-13-6-7-14(12-23)11-22(13)20(24)19-10-17-16-5-3-2-4-15(16)8-9-18(17)21-19/h2-5,8-10,13-14,21,23H,6-7,11-12H2,1H3. The molecule has 2 heterocycles. The maximum atomic E-state index is 13.0. The zero-order valence-electron chi connectivity index (χ0n) is 13.8. The molecule has 1 aliphatic heterocycles. The van der Waals surface area contributed by atoms with Crippen LogP contribution < -0.4 is 0 Å². The number of carbonyl (C=O) groups is 1. The molecule has 2 N–H and O–H groups in total. The second kappa shape index (κ2) is 5.95. The number of piperidine rings is 1. The molecular weight excluding hydrogens is 300 g/mol. The number of amides is 1. The minimum atomic E-state index is 0.0286. The van der Waals surface area contributed by atoms with Crippen molar-refractivity contribution in [2.24, 2.45) is 5.92 Å². The van der Waals surface area contributed by atoms with Gasteiger partial charge in [0.2, 0.25) is 0 Å². The van der Waals surface area contributed by atoms with Gasteiger partial charge >= 0.3 is 0 Å². The average Bonchev–Trinajstić information content (AvgIpc) is 3.06. The third kappa shape index (κ3) is 2.47. The van der Waals surface area contributed by atoms with Gasteiger partial charge in [-0.2, -0.15) is 0 Å². The van der Waals surface area contributed by atoms with Gasteiger partial charge in [-0.1, -0.05) is 30.3 Å². The Kier molecular flexibility index (Phi) is 3.77. The molecule has 1 aliphatic rings. The van der Waals surface area contributed by atoms with E-state index in [1.165, 1.54) is 5.39 Å². The van der Waals surface area contributed by atoms with Crippen molar-refractivity contribution in [3.8, 4) is 0 Å². The number of aromatic nitrogens is 1. The molecule has 4 rings (SSSR count). The normalized spacial score (nSPS) is 21.5. The van der Waals surface area contributed by atoms with Crippen molar-refractivity contribution in [2.45, 2.75) is 25.8 Å². The fourth-order valence-electron chi connectivity index (χ4n) is 3.77. The summed E-state index contributed by atoms with van der Waals surface area (Å²) in [5, 5.41) is 12.9. The van der Waals surface area contributed by atoms with Gasteiger partial charge in [0.05, 0.1) is 0 Å². The molecule has 2 aromatic carbocycles. The van der Waals surface area contributed by atoms with Gasteiger partial charge in [-0.25, -0.2) is 0 Å². The predicted octanol–water partition coefficient (Wildman–Crippen LogP) is 3.55. The minimum absolute atomic E-state index is 0.0286. The van der Waals surface area contributed by atoms with Crippen molar-refractivity contribution < 1.29 is 9.90 Å². The van der Waals surface area contributed by atoms with E-state index in [-0.39, 0.29) is 24.5 Å². The molecule has 0 bridgehead atoms. The highest BCUT2D eigenvalue weighted by Gasteiger charge is 2.30. The number of benzene rings is 2. The number of nitrogens with one attached hydrogen (secondary N) is 1. The van der Waals surface area contributed by atoms with Crippen LogP contribution in [-0.4, -0.2) is 40.1 Å². The van der Waals surface area contributed by atoms with E-state index in [0.717, 1.165) is 29.1 Å². The molecule has 4 nitrogen and oxygen atoms in total. The lowest BCUT2D eigenvalue weighted by Gasteiger charge is -2.37. The lowest BCUT2D eigenvalue weighted by molar-refractivity contribution is 0.0484. The summed E-state index contributed by atoms with van der Waals surface area (Å²) in [6.07, 6.45) is 1.93. The third-order valence-electron chi connectivity index (χ3n) is 5.26. The molecule has 0 aliphatic carbocycles. The summed E-state index contributed by atoms with van der Waals surface area (Å²) in [5.41, 5.74) is 1.62. The topological polar surface area (TPSA) is 56.3 Å². The molecule has 1 aromatic heterocycles. The van der Waals surface area contributed by atoms with Crippen LogP contribution in [0.15, 0.2) is 42.5 Å². The fraction of sp³-hybridized carbons (Fsp3) is 0.350. The molecule has 2 atom stereocenters. The van der Waals surface area contributed by atoms with Gasteiger partial charge in [0.15, 0.2) is 0 Å². The van der Waals surface area contributed by atoms with Crippen LogP contribution in [0.1, 0.15) is 30.3 Å². The third-order valence-corrected chi connectivity index (χ3v) is 5.26. The molecule has 1 amide bonds. The zero-order chi connectivity index (χ0) is 16.7. The number of rotatable bonds is 2. The van der Waals surface area contributed by atoms with E-state index in [1.54, 1.807) is 0 Å². The van der Waals surface area contributed by atoms with Gasteiger partial charge in [-0.3, -0.25) is 4.79 Å². The monoisotopic (exact) mass is 322 g/mol. The first-order valence-electron chi connectivity index (χ1n) is 8.59. The second-order valence-electron chi connectivity index (χ2n) is 6.86. The van der Waals surface area contributed by atoms with Crippen LogP contribution in [0.5, 0.6) is 0 Å². The van der Waals surface area contributed by atoms with E-state index in [1.807, 2.05) is 29.2 Å². The number of aliphatic hydroxyl groups excluding tert-OH is 1. The number of hydrogen-bond acceptors (Lipinski definition) is 2. The summed E-state index contributed by atoms with van der Waals surface area (Å²) in [5.74, 6) is 0.219. The van der Waals surface area contributed by atoms with Crippen LogP contribution in [0.25, 0.3) is 21.7 Å². The van der Waals surface area contributed by atoms with Gasteiger partial charge in [0.25, 0.3) is 5.91 Å². The van der Waals surface area contributed by atoms with Gasteiger partial charge in [-0.05, 0) is 48.6 Å². The molecule has 0 saturated carbocycles. The Labute approximate surface area is 141 Å². The van der Waals surface area contributed by atoms with Gasteiger partial charge < -0.3 is 15.0 Å². The van der Waals surface area contributed by atoms with E-state index >= 15 is 0 Å². The van der Waals surface area contributed by atoms with Crippen LogP contribution in [0.3, 0.4) is 0 Å². The Bertz CT molecular complexity index is 899. The summed E-state index contributed by atoms with van der Waals surface area (Å²) in [7, 11) is 0. The zero-order valence-corrected chi connectivity index (χ0v) is 13.8. The summed E-state index contributed by atoms with van der Waals surface area (Å²) in [6.45, 7) is 2.87. The number of aliphatic hydroxyl groups is 1. The minimum Gasteiger partial charge on any atom is -0.396 e. The molecule has 0 spiro atoms. The van der Waals surface area contributed by atoms with Crippen LogP contribution in [0.4, 0.5) is 0 Å². The first-order chi connectivity index (χ1) is 11.7. The van der Waals surface area contributed by atoms with Gasteiger partial charge in [0.1, 0.15) is 5.69 Å². The van der Waals surface area contributed by atoms with E-state index in [4.69, 9.17) is 0 Å². The molecule has 3 aromatic rings. The lowest BCUT2D eigenvalue weighted by Crippen LogP contribution is -2.46. The Morgan fingerprint density at radius 3 is 2.88 bits per heavy atom. The number of nitrogens with zero attached hydrogens (tertiary/aromatic N) is 1. The van der Waals surface area contributed by atoms with Crippen molar-refractivity contribution in [1.29, 1.82) is 0 Å². The quantitative estimate of drug-likeness (QED) is 0.758. The summed E-state index contributed by atoms with van der Waals surface area (Å²) in [6, 6.07) is 14.5. The molecule has 1 saturated heterocycles. The fourth-order valence-corrected chi connectivity index (χ4v) is 3.77. The highest BCUT2D eigenvalue weighted by molar-refractivity contribution is 6.09. The molecule has 1 fully saturated rings. The van der Waals surface area contributed by atoms with E-state index in [9.17, 15) is 9.90 Å². The summed E-state index contributed by atoms with van der Waals surface area (Å²) < 4.78 is 0. The SMILES string of the molecule is CC1CCC(CO)CN1C(=O)c1cc2c(ccc3ccccc32)[nH]1. The second-order valence-corrected chi connectivity index (χ2v) is 6.86. The molecular formula is C20H22N2O2. The Hall–Kier alpha value is -2.33. The summed E-state index contributed by atoms with van der Waals surface area (Å²) >= 11 is 0. The van der Waals surface area contributed by atoms with Crippen LogP contribution >= 0.6 is 0 Å². The number of carbonyl (C=O) groups excluding carboxylic acids is 1. The molecule has 4 heteroatoms. The molecule has 0 radical (unpaired) electrons.